The van der Waals surface area contributed by atoms with Gasteiger partial charge in [0.1, 0.15) is 18.1 Å². The molecule has 14 N–H and O–H groups in total. The van der Waals surface area contributed by atoms with E-state index in [1.54, 1.807) is 13.8 Å². The summed E-state index contributed by atoms with van der Waals surface area (Å²) in [5.74, 6) is -3.81. The number of amides is 3. The maximum atomic E-state index is 13.1. The molecule has 0 bridgehead atoms. The fourth-order valence-corrected chi connectivity index (χ4v) is 3.09. The Balaban J connectivity index is 5.63. The number of nitrogens with one attached hydrogen (secondary N) is 3. The highest BCUT2D eigenvalue weighted by Gasteiger charge is 2.30. The molecule has 0 heterocycles. The van der Waals surface area contributed by atoms with Crippen LogP contribution >= 0.6 is 12.6 Å². The molecule has 16 heteroatoms. The van der Waals surface area contributed by atoms with E-state index >= 15 is 0 Å². The largest absolute Gasteiger partial charge is 0.480 e. The van der Waals surface area contributed by atoms with Gasteiger partial charge < -0.3 is 49.7 Å². The van der Waals surface area contributed by atoms with E-state index in [9.17, 15) is 24.3 Å². The molecule has 0 saturated heterocycles. The first-order valence-corrected chi connectivity index (χ1v) is 12.0. The maximum Gasteiger partial charge on any atom is 0.327 e. The van der Waals surface area contributed by atoms with Crippen LogP contribution in [0, 0.1) is 5.92 Å². The number of hydrogen-bond acceptors (Lipinski definition) is 8. The number of carboxylic acid groups (broad SMARTS) is 1. The van der Waals surface area contributed by atoms with Gasteiger partial charge in [0.2, 0.25) is 17.7 Å². The molecule has 206 valence electrons. The zero-order valence-electron chi connectivity index (χ0n) is 20.6. The second-order valence-corrected chi connectivity index (χ2v) is 8.74. The number of thiol groups is 1. The number of hydrogen-bond donors (Lipinski definition) is 10. The quantitative estimate of drug-likeness (QED) is 0.0382. The van der Waals surface area contributed by atoms with Crippen LogP contribution in [0.5, 0.6) is 0 Å². The summed E-state index contributed by atoms with van der Waals surface area (Å²) >= 11 is 3.93. The van der Waals surface area contributed by atoms with E-state index in [0.29, 0.717) is 12.8 Å². The molecule has 0 rings (SSSR count). The van der Waals surface area contributed by atoms with Crippen molar-refractivity contribution in [1.82, 2.24) is 16.0 Å². The van der Waals surface area contributed by atoms with E-state index in [1.165, 1.54) is 0 Å². The average molecular weight is 533 g/mol. The highest BCUT2D eigenvalue weighted by atomic mass is 32.1. The van der Waals surface area contributed by atoms with Gasteiger partial charge in [-0.25, -0.2) is 4.79 Å². The molecule has 3 amide bonds. The zero-order chi connectivity index (χ0) is 27.8. The molecule has 36 heavy (non-hydrogen) atoms. The third-order valence-corrected chi connectivity index (χ3v) is 5.34. The third kappa shape index (κ3) is 13.6. The molecule has 4 atom stereocenters. The maximum absolute atomic E-state index is 13.1. The van der Waals surface area contributed by atoms with Gasteiger partial charge in [0, 0.05) is 18.8 Å². The summed E-state index contributed by atoms with van der Waals surface area (Å²) < 4.78 is 0. The molecule has 0 radical (unpaired) electrons. The number of aliphatic carboxylic acids is 1. The molecule has 0 saturated carbocycles. The van der Waals surface area contributed by atoms with Gasteiger partial charge in [-0.05, 0) is 31.6 Å². The van der Waals surface area contributed by atoms with Crippen molar-refractivity contribution < 1.29 is 24.3 Å². The Bertz CT molecular complexity index is 800. The van der Waals surface area contributed by atoms with Crippen LogP contribution in [-0.2, 0) is 19.2 Å². The lowest BCUT2D eigenvalue weighted by atomic mass is 10.0. The minimum Gasteiger partial charge on any atom is -0.480 e. The van der Waals surface area contributed by atoms with Crippen LogP contribution in [0.4, 0.5) is 0 Å². The van der Waals surface area contributed by atoms with Gasteiger partial charge >= 0.3 is 5.97 Å². The zero-order valence-corrected chi connectivity index (χ0v) is 21.5. The lowest BCUT2D eigenvalue weighted by Crippen LogP contribution is -2.57. The van der Waals surface area contributed by atoms with Crippen LogP contribution in [0.2, 0.25) is 0 Å². The van der Waals surface area contributed by atoms with E-state index in [-0.39, 0.29) is 49.5 Å². The Hall–Kier alpha value is -3.27. The molecule has 0 aromatic rings. The van der Waals surface area contributed by atoms with Crippen LogP contribution in [-0.4, -0.2) is 83.7 Å². The molecule has 0 aliphatic heterocycles. The summed E-state index contributed by atoms with van der Waals surface area (Å²) in [4.78, 5) is 57.4. The van der Waals surface area contributed by atoms with Crippen LogP contribution in [0.3, 0.4) is 0 Å². The van der Waals surface area contributed by atoms with Gasteiger partial charge in [0.15, 0.2) is 11.9 Å². The number of guanidine groups is 2. The SMILES string of the molecule is CC(C)C(N)C(=O)NC(CCCN=C(N)N)C(=O)NC(CCCN=C(N)N)C(=O)NC(CS)C(=O)O. The topological polar surface area (TPSA) is 279 Å². The Morgan fingerprint density at radius 2 is 1.17 bits per heavy atom. The van der Waals surface area contributed by atoms with Crippen LogP contribution in [0.25, 0.3) is 0 Å². The van der Waals surface area contributed by atoms with E-state index < -0.39 is 47.9 Å². The Morgan fingerprint density at radius 3 is 1.50 bits per heavy atom. The number of carboxylic acids is 1. The van der Waals surface area contributed by atoms with Crippen molar-refractivity contribution in [2.75, 3.05) is 18.8 Å². The number of nitrogens with two attached hydrogens (primary N) is 5. The van der Waals surface area contributed by atoms with Crippen molar-refractivity contribution in [3.63, 3.8) is 0 Å². The normalized spacial score (nSPS) is 14.0. The highest BCUT2D eigenvalue weighted by Crippen LogP contribution is 2.06. The second kappa shape index (κ2) is 17.2. The predicted octanol–water partition coefficient (Wildman–Crippen LogP) is -3.45. The van der Waals surface area contributed by atoms with E-state index in [1.807, 2.05) is 0 Å². The van der Waals surface area contributed by atoms with Gasteiger partial charge in [-0.1, -0.05) is 13.8 Å². The Kier molecular flexibility index (Phi) is 15.6. The summed E-state index contributed by atoms with van der Waals surface area (Å²) in [6.07, 6.45) is 0.882. The first-order chi connectivity index (χ1) is 16.8. The van der Waals surface area contributed by atoms with Crippen LogP contribution < -0.4 is 44.6 Å². The van der Waals surface area contributed by atoms with Gasteiger partial charge in [0.05, 0.1) is 6.04 Å². The predicted molar refractivity (Wildman–Crippen MR) is 140 cm³/mol. The summed E-state index contributed by atoms with van der Waals surface area (Å²) in [6.45, 7) is 3.91. The molecule has 0 aromatic carbocycles. The van der Waals surface area contributed by atoms with Crippen molar-refractivity contribution >= 4 is 48.2 Å². The molecule has 0 fully saturated rings. The molecule has 0 aliphatic rings. The summed E-state index contributed by atoms with van der Waals surface area (Å²) in [7, 11) is 0. The third-order valence-electron chi connectivity index (χ3n) is 4.97. The lowest BCUT2D eigenvalue weighted by molar-refractivity contribution is -0.141. The van der Waals surface area contributed by atoms with Crippen molar-refractivity contribution in [3.05, 3.63) is 0 Å². The number of nitrogens with zero attached hydrogens (tertiary/aromatic N) is 2. The van der Waals surface area contributed by atoms with E-state index in [2.05, 4.69) is 38.6 Å². The molecule has 0 aliphatic carbocycles. The van der Waals surface area contributed by atoms with Gasteiger partial charge in [0.25, 0.3) is 0 Å². The minimum atomic E-state index is -1.28. The smallest absolute Gasteiger partial charge is 0.327 e. The molecular formula is C20H40N10O5S. The van der Waals surface area contributed by atoms with Crippen molar-refractivity contribution in [1.29, 1.82) is 0 Å². The van der Waals surface area contributed by atoms with Crippen molar-refractivity contribution in [3.8, 4) is 0 Å². The number of aliphatic imine (C=N–C) groups is 2. The minimum absolute atomic E-state index is 0.0907. The van der Waals surface area contributed by atoms with Gasteiger partial charge in [-0.15, -0.1) is 0 Å². The molecule has 0 spiro atoms. The van der Waals surface area contributed by atoms with E-state index in [4.69, 9.17) is 28.7 Å². The molecular weight excluding hydrogens is 492 g/mol. The summed E-state index contributed by atoms with van der Waals surface area (Å²) in [5, 5.41) is 16.7. The molecule has 15 nitrogen and oxygen atoms in total. The highest BCUT2D eigenvalue weighted by molar-refractivity contribution is 7.80. The molecule has 4 unspecified atom stereocenters. The van der Waals surface area contributed by atoms with Crippen LogP contribution in [0.15, 0.2) is 9.98 Å². The average Bonchev–Trinajstić information content (AvgIpc) is 2.79. The van der Waals surface area contributed by atoms with Gasteiger partial charge in [-0.3, -0.25) is 24.4 Å². The summed E-state index contributed by atoms with van der Waals surface area (Å²) in [6, 6.07) is -4.31. The summed E-state index contributed by atoms with van der Waals surface area (Å²) in [5.41, 5.74) is 27.1. The first-order valence-electron chi connectivity index (χ1n) is 11.4. The lowest BCUT2D eigenvalue weighted by Gasteiger charge is -2.25. The number of carbonyl (C=O) groups excluding carboxylic acids is 3. The molecule has 0 aromatic heterocycles. The number of carbonyl (C=O) groups is 4. The van der Waals surface area contributed by atoms with Gasteiger partial charge in [-0.2, -0.15) is 12.6 Å². The van der Waals surface area contributed by atoms with Crippen molar-refractivity contribution in [2.24, 2.45) is 44.6 Å². The van der Waals surface area contributed by atoms with E-state index in [0.717, 1.165) is 0 Å². The Labute approximate surface area is 215 Å². The van der Waals surface area contributed by atoms with Crippen molar-refractivity contribution in [2.45, 2.75) is 63.7 Å². The Morgan fingerprint density at radius 1 is 0.778 bits per heavy atom. The monoisotopic (exact) mass is 532 g/mol. The first kappa shape index (κ1) is 32.7. The van der Waals surface area contributed by atoms with Crippen LogP contribution in [0.1, 0.15) is 39.5 Å². The number of rotatable bonds is 17. The fraction of sp³-hybridized carbons (Fsp3) is 0.700. The second-order valence-electron chi connectivity index (χ2n) is 8.37. The standard InChI is InChI=1S/C20H40N10O5S/c1-10(2)14(21)17(33)29-12(6-4-8-27-20(24)25)15(31)28-11(5-3-7-26-19(22)23)16(32)30-13(9-36)18(34)35/h10-14,36H,3-9,21H2,1-2H3,(H,28,31)(H,29,33)(H,30,32)(H,34,35)(H4,22,23,26)(H4,24,25,27). The fourth-order valence-electron chi connectivity index (χ4n) is 2.85.